The van der Waals surface area contributed by atoms with Crippen LogP contribution in [0.15, 0.2) is 60.8 Å². The number of nitrogens with one attached hydrogen (secondary N) is 1. The lowest BCUT2D eigenvalue weighted by Crippen LogP contribution is -2.28. The normalized spacial score (nSPS) is 10.1. The third-order valence-corrected chi connectivity index (χ3v) is 3.65. The molecule has 7 heteroatoms. The number of nitriles is 1. The van der Waals surface area contributed by atoms with Crippen LogP contribution in [0.1, 0.15) is 21.6 Å². The van der Waals surface area contributed by atoms with Gasteiger partial charge in [0.1, 0.15) is 6.61 Å². The number of esters is 1. The minimum Gasteiger partial charge on any atom is -0.456 e. The molecule has 1 heterocycles. The molecule has 0 bridgehead atoms. The molecule has 7 nitrogen and oxygen atoms in total. The molecular formula is C19H14N4O3. The lowest BCUT2D eigenvalue weighted by Gasteiger charge is -2.09. The van der Waals surface area contributed by atoms with Crippen LogP contribution in [-0.4, -0.2) is 20.9 Å². The van der Waals surface area contributed by atoms with Crippen molar-refractivity contribution in [2.45, 2.75) is 6.61 Å². The highest BCUT2D eigenvalue weighted by Crippen LogP contribution is 2.17. The Morgan fingerprint density at radius 2 is 1.88 bits per heavy atom. The van der Waals surface area contributed by atoms with E-state index in [2.05, 4.69) is 4.98 Å². The summed E-state index contributed by atoms with van der Waals surface area (Å²) in [4.78, 5) is 16.4. The molecule has 0 aliphatic heterocycles. The van der Waals surface area contributed by atoms with Gasteiger partial charge in [-0.25, -0.2) is 9.78 Å². The Kier molecular flexibility index (Phi) is 4.76. The summed E-state index contributed by atoms with van der Waals surface area (Å²) in [6.45, 7) is 0.0350. The Morgan fingerprint density at radius 1 is 1.19 bits per heavy atom. The van der Waals surface area contributed by atoms with E-state index in [0.29, 0.717) is 15.9 Å². The van der Waals surface area contributed by atoms with Gasteiger partial charge in [-0.05, 0) is 17.7 Å². The van der Waals surface area contributed by atoms with Crippen LogP contribution in [0.25, 0.3) is 11.3 Å². The molecule has 2 aromatic carbocycles. The van der Waals surface area contributed by atoms with Gasteiger partial charge in [0.25, 0.3) is 0 Å². The second-order valence-electron chi connectivity index (χ2n) is 5.42. The molecule has 1 aromatic heterocycles. The Bertz CT molecular complexity index is 1040. The standard InChI is InChI=1S/C19H14N4O3/c20-10-13-6-8-15(9-7-13)16-11-23(25)18(21)17(22-16)19(24)26-12-14-4-2-1-3-5-14/h1-9,11,21,25H,12H2. The van der Waals surface area contributed by atoms with Crippen molar-refractivity contribution >= 4 is 5.97 Å². The average Bonchev–Trinajstić information content (AvgIpc) is 2.69. The van der Waals surface area contributed by atoms with Crippen LogP contribution in [0.2, 0.25) is 0 Å². The number of rotatable bonds is 4. The summed E-state index contributed by atoms with van der Waals surface area (Å²) in [6.07, 6.45) is 1.22. The van der Waals surface area contributed by atoms with Crippen molar-refractivity contribution in [3.8, 4) is 17.3 Å². The Labute approximate surface area is 148 Å². The molecule has 0 atom stereocenters. The van der Waals surface area contributed by atoms with Gasteiger partial charge in [0, 0.05) is 5.56 Å². The Morgan fingerprint density at radius 3 is 2.54 bits per heavy atom. The maximum absolute atomic E-state index is 12.3. The molecule has 0 amide bonds. The van der Waals surface area contributed by atoms with Crippen molar-refractivity contribution in [3.63, 3.8) is 0 Å². The van der Waals surface area contributed by atoms with E-state index in [4.69, 9.17) is 15.4 Å². The van der Waals surface area contributed by atoms with Crippen molar-refractivity contribution in [2.24, 2.45) is 0 Å². The highest BCUT2D eigenvalue weighted by molar-refractivity contribution is 5.87. The molecule has 3 aromatic rings. The topological polar surface area (TPSA) is 112 Å². The molecule has 0 saturated carbocycles. The van der Waals surface area contributed by atoms with E-state index >= 15 is 0 Å². The van der Waals surface area contributed by atoms with Gasteiger partial charge in [-0.1, -0.05) is 42.5 Å². The van der Waals surface area contributed by atoms with E-state index in [-0.39, 0.29) is 18.0 Å². The highest BCUT2D eigenvalue weighted by atomic mass is 16.5. The number of carbonyl (C=O) groups is 1. The molecule has 128 valence electrons. The first-order valence-electron chi connectivity index (χ1n) is 7.67. The maximum Gasteiger partial charge on any atom is 0.361 e. The number of aromatic nitrogens is 2. The fourth-order valence-corrected chi connectivity index (χ4v) is 2.28. The predicted octanol–water partition coefficient (Wildman–Crippen LogP) is 2.50. The van der Waals surface area contributed by atoms with Gasteiger partial charge in [-0.3, -0.25) is 5.41 Å². The van der Waals surface area contributed by atoms with Crippen molar-refractivity contribution in [1.82, 2.24) is 9.71 Å². The quantitative estimate of drug-likeness (QED) is 0.557. The monoisotopic (exact) mass is 346 g/mol. The van der Waals surface area contributed by atoms with Gasteiger partial charge in [0.05, 0.1) is 23.5 Å². The zero-order chi connectivity index (χ0) is 18.5. The van der Waals surface area contributed by atoms with E-state index in [1.165, 1.54) is 6.20 Å². The second kappa shape index (κ2) is 7.32. The summed E-state index contributed by atoms with van der Waals surface area (Å²) in [6, 6.07) is 17.6. The summed E-state index contributed by atoms with van der Waals surface area (Å²) in [5.41, 5.74) is 1.37. The van der Waals surface area contributed by atoms with Crippen LogP contribution >= 0.6 is 0 Å². The van der Waals surface area contributed by atoms with Gasteiger partial charge in [0.15, 0.2) is 11.2 Å². The number of hydrogen-bond acceptors (Lipinski definition) is 6. The van der Waals surface area contributed by atoms with E-state index in [1.54, 1.807) is 24.3 Å². The summed E-state index contributed by atoms with van der Waals surface area (Å²) in [5.74, 6) is -0.808. The third-order valence-electron chi connectivity index (χ3n) is 3.65. The van der Waals surface area contributed by atoms with Crippen LogP contribution in [0.3, 0.4) is 0 Å². The molecule has 0 radical (unpaired) electrons. The molecule has 0 saturated heterocycles. The lowest BCUT2D eigenvalue weighted by atomic mass is 10.1. The smallest absolute Gasteiger partial charge is 0.361 e. The molecule has 0 aliphatic rings. The SMILES string of the molecule is N#Cc1ccc(-c2cn(O)c(=N)c(C(=O)OCc3ccccc3)n2)cc1. The molecule has 26 heavy (non-hydrogen) atoms. The fraction of sp³-hybridized carbons (Fsp3) is 0.0526. The predicted molar refractivity (Wildman–Crippen MR) is 91.0 cm³/mol. The van der Waals surface area contributed by atoms with Crippen LogP contribution in [-0.2, 0) is 11.3 Å². The first-order valence-corrected chi connectivity index (χ1v) is 7.67. The lowest BCUT2D eigenvalue weighted by molar-refractivity contribution is 0.0455. The van der Waals surface area contributed by atoms with E-state index in [0.717, 1.165) is 5.56 Å². The van der Waals surface area contributed by atoms with Gasteiger partial charge in [0.2, 0.25) is 0 Å². The minimum absolute atomic E-state index is 0.0350. The molecule has 0 unspecified atom stereocenters. The summed E-state index contributed by atoms with van der Waals surface area (Å²) in [7, 11) is 0. The van der Waals surface area contributed by atoms with E-state index in [9.17, 15) is 10.0 Å². The van der Waals surface area contributed by atoms with Gasteiger partial charge < -0.3 is 9.94 Å². The minimum atomic E-state index is -0.808. The zero-order valence-electron chi connectivity index (χ0n) is 13.6. The maximum atomic E-state index is 12.3. The van der Waals surface area contributed by atoms with Crippen LogP contribution in [0, 0.1) is 16.7 Å². The highest BCUT2D eigenvalue weighted by Gasteiger charge is 2.16. The summed E-state index contributed by atoms with van der Waals surface area (Å²) < 4.78 is 5.70. The summed E-state index contributed by atoms with van der Waals surface area (Å²) in [5, 5.41) is 26.6. The second-order valence-corrected chi connectivity index (χ2v) is 5.42. The molecule has 0 aliphatic carbocycles. The third kappa shape index (κ3) is 3.60. The van der Waals surface area contributed by atoms with Gasteiger partial charge >= 0.3 is 5.97 Å². The van der Waals surface area contributed by atoms with Crippen molar-refractivity contribution in [3.05, 3.63) is 83.1 Å². The molecular weight excluding hydrogens is 332 g/mol. The molecule has 0 spiro atoms. The number of carbonyl (C=O) groups excluding carboxylic acids is 1. The fourth-order valence-electron chi connectivity index (χ4n) is 2.28. The molecule has 3 rings (SSSR count). The first kappa shape index (κ1) is 16.9. The first-order chi connectivity index (χ1) is 12.6. The zero-order valence-corrected chi connectivity index (χ0v) is 13.6. The van der Waals surface area contributed by atoms with E-state index < -0.39 is 11.5 Å². The van der Waals surface area contributed by atoms with Crippen molar-refractivity contribution in [1.29, 1.82) is 10.7 Å². The largest absolute Gasteiger partial charge is 0.456 e. The molecule has 2 N–H and O–H groups in total. The van der Waals surface area contributed by atoms with Crippen molar-refractivity contribution < 1.29 is 14.7 Å². The van der Waals surface area contributed by atoms with Crippen LogP contribution in [0.5, 0.6) is 0 Å². The molecule has 0 fully saturated rings. The number of ether oxygens (including phenoxy) is 1. The van der Waals surface area contributed by atoms with Gasteiger partial charge in [-0.2, -0.15) is 9.99 Å². The van der Waals surface area contributed by atoms with E-state index in [1.807, 2.05) is 36.4 Å². The van der Waals surface area contributed by atoms with Crippen molar-refractivity contribution in [2.75, 3.05) is 0 Å². The summed E-state index contributed by atoms with van der Waals surface area (Å²) >= 11 is 0. The Hall–Kier alpha value is -3.92. The average molecular weight is 346 g/mol. The number of nitrogens with zero attached hydrogens (tertiary/aromatic N) is 3. The Balaban J connectivity index is 1.89. The van der Waals surface area contributed by atoms with Crippen LogP contribution in [0.4, 0.5) is 0 Å². The van der Waals surface area contributed by atoms with Gasteiger partial charge in [-0.15, -0.1) is 0 Å². The number of hydrogen-bond donors (Lipinski definition) is 2. The van der Waals surface area contributed by atoms with Crippen LogP contribution < -0.4 is 5.49 Å². The number of benzene rings is 2.